The number of nitrogens with zero attached hydrogens (tertiary/aromatic N) is 2. The molecule has 0 aliphatic heterocycles. The van der Waals surface area contributed by atoms with Crippen LogP contribution < -0.4 is 0 Å². The van der Waals surface area contributed by atoms with Gasteiger partial charge in [0.15, 0.2) is 0 Å². The van der Waals surface area contributed by atoms with E-state index < -0.39 is 0 Å². The zero-order chi connectivity index (χ0) is 16.8. The lowest BCUT2D eigenvalue weighted by molar-refractivity contribution is -0.134. The summed E-state index contributed by atoms with van der Waals surface area (Å²) in [6.07, 6.45) is 10.5. The maximum absolute atomic E-state index is 12.4. The minimum absolute atomic E-state index is 0.293. The van der Waals surface area contributed by atoms with Crippen LogP contribution in [0.4, 0.5) is 0 Å². The fraction of sp³-hybridized carbons (Fsp3) is 0.947. The van der Waals surface area contributed by atoms with Gasteiger partial charge in [-0.05, 0) is 33.4 Å². The smallest absolute Gasteiger partial charge is 0.236 e. The average molecular weight is 313 g/mol. The molecule has 0 aromatic rings. The van der Waals surface area contributed by atoms with Crippen molar-refractivity contribution in [3.8, 4) is 0 Å². The molecule has 0 rings (SSSR count). The third-order valence-electron chi connectivity index (χ3n) is 4.67. The van der Waals surface area contributed by atoms with Gasteiger partial charge in [-0.25, -0.2) is 0 Å². The van der Waals surface area contributed by atoms with Crippen LogP contribution >= 0.6 is 0 Å². The molecule has 0 aromatic heterocycles. The summed E-state index contributed by atoms with van der Waals surface area (Å²) in [5.41, 5.74) is 0. The van der Waals surface area contributed by atoms with Crippen LogP contribution in [0, 0.1) is 0 Å². The molecule has 3 nitrogen and oxygen atoms in total. The molecule has 0 aromatic carbocycles. The summed E-state index contributed by atoms with van der Waals surface area (Å²) in [4.78, 5) is 16.7. The molecule has 0 aliphatic rings. The Kier molecular flexibility index (Phi) is 13.7. The van der Waals surface area contributed by atoms with Crippen molar-refractivity contribution in [3.63, 3.8) is 0 Å². The first-order valence-electron chi connectivity index (χ1n) is 9.62. The van der Waals surface area contributed by atoms with E-state index in [4.69, 9.17) is 0 Å². The molecule has 0 saturated carbocycles. The number of hydrogen-bond donors (Lipinski definition) is 0. The van der Waals surface area contributed by atoms with E-state index in [1.165, 1.54) is 44.9 Å². The summed E-state index contributed by atoms with van der Waals surface area (Å²) in [6, 6.07) is 0.378. The zero-order valence-electron chi connectivity index (χ0n) is 15.9. The molecule has 0 N–H and O–H groups in total. The number of rotatable bonds is 14. The number of carbonyl (C=O) groups excluding carboxylic acids is 1. The molecule has 0 bridgehead atoms. The molecule has 1 amide bonds. The third kappa shape index (κ3) is 9.45. The van der Waals surface area contributed by atoms with Crippen molar-refractivity contribution >= 4 is 5.91 Å². The summed E-state index contributed by atoms with van der Waals surface area (Å²) in [5.74, 6) is 0.293. The van der Waals surface area contributed by atoms with E-state index in [1.807, 2.05) is 0 Å². The van der Waals surface area contributed by atoms with Crippen molar-refractivity contribution in [2.75, 3.05) is 26.2 Å². The van der Waals surface area contributed by atoms with E-state index in [0.29, 0.717) is 18.5 Å². The number of amides is 1. The second-order valence-corrected chi connectivity index (χ2v) is 6.40. The molecule has 0 unspecified atom stereocenters. The van der Waals surface area contributed by atoms with Gasteiger partial charge in [0.2, 0.25) is 5.91 Å². The first-order valence-corrected chi connectivity index (χ1v) is 9.62. The maximum Gasteiger partial charge on any atom is 0.236 e. The van der Waals surface area contributed by atoms with Gasteiger partial charge in [0, 0.05) is 12.6 Å². The van der Waals surface area contributed by atoms with Crippen LogP contribution in [0.1, 0.15) is 86.0 Å². The SMILES string of the molecule is CCCCCCCCC[C@@H](C)N(CC)C(=O)CN(CC)CC. The third-order valence-corrected chi connectivity index (χ3v) is 4.67. The Morgan fingerprint density at radius 1 is 0.818 bits per heavy atom. The van der Waals surface area contributed by atoms with Gasteiger partial charge in [-0.15, -0.1) is 0 Å². The summed E-state index contributed by atoms with van der Waals surface area (Å²) in [5, 5.41) is 0. The topological polar surface area (TPSA) is 23.6 Å². The van der Waals surface area contributed by atoms with Crippen LogP contribution in [0.2, 0.25) is 0 Å². The Morgan fingerprint density at radius 2 is 1.36 bits per heavy atom. The highest BCUT2D eigenvalue weighted by atomic mass is 16.2. The second-order valence-electron chi connectivity index (χ2n) is 6.40. The minimum atomic E-state index is 0.293. The van der Waals surface area contributed by atoms with Gasteiger partial charge in [-0.2, -0.15) is 0 Å². The molecule has 1 atom stereocenters. The van der Waals surface area contributed by atoms with Gasteiger partial charge >= 0.3 is 0 Å². The van der Waals surface area contributed by atoms with Crippen molar-refractivity contribution in [2.24, 2.45) is 0 Å². The molecule has 0 aliphatic carbocycles. The predicted molar refractivity (Wildman–Crippen MR) is 97.2 cm³/mol. The van der Waals surface area contributed by atoms with Crippen molar-refractivity contribution < 1.29 is 4.79 Å². The molecule has 22 heavy (non-hydrogen) atoms. The van der Waals surface area contributed by atoms with E-state index >= 15 is 0 Å². The van der Waals surface area contributed by atoms with Gasteiger partial charge in [0.25, 0.3) is 0 Å². The summed E-state index contributed by atoms with van der Waals surface area (Å²) < 4.78 is 0. The van der Waals surface area contributed by atoms with E-state index in [0.717, 1.165) is 26.1 Å². The monoisotopic (exact) mass is 312 g/mol. The van der Waals surface area contributed by atoms with E-state index in [-0.39, 0.29) is 0 Å². The molecule has 0 fully saturated rings. The predicted octanol–water partition coefficient (Wildman–Crippen LogP) is 4.71. The van der Waals surface area contributed by atoms with Crippen LogP contribution in [0.25, 0.3) is 0 Å². The number of carbonyl (C=O) groups is 1. The summed E-state index contributed by atoms with van der Waals surface area (Å²) in [7, 11) is 0. The van der Waals surface area contributed by atoms with Gasteiger partial charge in [0.05, 0.1) is 6.54 Å². The molecule has 132 valence electrons. The molecule has 0 spiro atoms. The fourth-order valence-corrected chi connectivity index (χ4v) is 3.02. The fourth-order valence-electron chi connectivity index (χ4n) is 3.02. The number of unbranched alkanes of at least 4 members (excludes halogenated alkanes) is 6. The van der Waals surface area contributed by atoms with Crippen LogP contribution in [0.3, 0.4) is 0 Å². The highest BCUT2D eigenvalue weighted by molar-refractivity contribution is 5.78. The lowest BCUT2D eigenvalue weighted by Gasteiger charge is -2.30. The van der Waals surface area contributed by atoms with E-state index in [2.05, 4.69) is 44.4 Å². The Morgan fingerprint density at radius 3 is 1.86 bits per heavy atom. The Labute approximate surface area is 139 Å². The average Bonchev–Trinajstić information content (AvgIpc) is 2.52. The molecule has 0 radical (unpaired) electrons. The molecular formula is C19H40N2O. The van der Waals surface area contributed by atoms with Crippen LogP contribution in [0.15, 0.2) is 0 Å². The standard InChI is InChI=1S/C19H40N2O/c1-6-10-11-12-13-14-15-16-18(5)21(9-4)19(22)17-20(7-2)8-3/h18H,6-17H2,1-5H3/t18-/m1/s1. The van der Waals surface area contributed by atoms with E-state index in [1.54, 1.807) is 0 Å². The molecular weight excluding hydrogens is 272 g/mol. The van der Waals surface area contributed by atoms with Crippen LogP contribution in [0.5, 0.6) is 0 Å². The molecule has 0 saturated heterocycles. The van der Waals surface area contributed by atoms with Gasteiger partial charge in [0.1, 0.15) is 0 Å². The van der Waals surface area contributed by atoms with Crippen LogP contribution in [-0.2, 0) is 4.79 Å². The quantitative estimate of drug-likeness (QED) is 0.434. The summed E-state index contributed by atoms with van der Waals surface area (Å²) in [6.45, 7) is 14.1. The van der Waals surface area contributed by atoms with E-state index in [9.17, 15) is 4.79 Å². The number of likely N-dealkylation sites (N-methyl/N-ethyl adjacent to an activating group) is 2. The second kappa shape index (κ2) is 14.0. The lowest BCUT2D eigenvalue weighted by atomic mass is 10.0. The van der Waals surface area contributed by atoms with Crippen LogP contribution in [-0.4, -0.2) is 47.9 Å². The highest BCUT2D eigenvalue weighted by Crippen LogP contribution is 2.13. The minimum Gasteiger partial charge on any atom is -0.339 e. The van der Waals surface area contributed by atoms with Gasteiger partial charge < -0.3 is 4.90 Å². The summed E-state index contributed by atoms with van der Waals surface area (Å²) >= 11 is 0. The van der Waals surface area contributed by atoms with Crippen molar-refractivity contribution in [2.45, 2.75) is 92.0 Å². The normalized spacial score (nSPS) is 12.6. The maximum atomic E-state index is 12.4. The Bertz CT molecular complexity index is 264. The highest BCUT2D eigenvalue weighted by Gasteiger charge is 2.19. The van der Waals surface area contributed by atoms with Crippen molar-refractivity contribution in [1.29, 1.82) is 0 Å². The Balaban J connectivity index is 3.98. The van der Waals surface area contributed by atoms with Gasteiger partial charge in [-0.1, -0.05) is 65.7 Å². The Hall–Kier alpha value is -0.570. The van der Waals surface area contributed by atoms with Crippen molar-refractivity contribution in [1.82, 2.24) is 9.80 Å². The molecule has 3 heteroatoms. The first-order chi connectivity index (χ1) is 10.6. The number of hydrogen-bond acceptors (Lipinski definition) is 2. The first kappa shape index (κ1) is 21.4. The van der Waals surface area contributed by atoms with Gasteiger partial charge in [-0.3, -0.25) is 9.69 Å². The zero-order valence-corrected chi connectivity index (χ0v) is 15.9. The van der Waals surface area contributed by atoms with Crippen molar-refractivity contribution in [3.05, 3.63) is 0 Å². The largest absolute Gasteiger partial charge is 0.339 e. The molecule has 0 heterocycles. The lowest BCUT2D eigenvalue weighted by Crippen LogP contribution is -2.44.